The molecule has 0 spiro atoms. The number of piperazine rings is 1. The molecule has 1 aromatic rings. The number of rotatable bonds is 2. The first-order valence-corrected chi connectivity index (χ1v) is 7.68. The number of nitrogens with zero attached hydrogens (tertiary/aromatic N) is 2. The first kappa shape index (κ1) is 14.2. The van der Waals surface area contributed by atoms with Crippen molar-refractivity contribution >= 4 is 17.3 Å². The van der Waals surface area contributed by atoms with E-state index in [0.717, 1.165) is 50.4 Å². The molecule has 1 amide bonds. The van der Waals surface area contributed by atoms with Gasteiger partial charge < -0.3 is 20.3 Å². The number of amides is 1. The number of carbonyl (C=O) groups excluding carboxylic acids is 1. The molecule has 2 N–H and O–H groups in total. The molecule has 1 aromatic carbocycles. The van der Waals surface area contributed by atoms with E-state index in [0.29, 0.717) is 0 Å². The molecule has 2 saturated heterocycles. The summed E-state index contributed by atoms with van der Waals surface area (Å²) in [4.78, 5) is 16.6. The van der Waals surface area contributed by atoms with E-state index in [9.17, 15) is 4.79 Å². The average molecular weight is 289 g/mol. The molecule has 3 rings (SSSR count). The minimum absolute atomic E-state index is 0.159. The Labute approximate surface area is 125 Å². The zero-order valence-corrected chi connectivity index (χ0v) is 12.5. The fraction of sp³-hybridized carbons (Fsp3) is 0.562. The minimum atomic E-state index is -0.223. The van der Waals surface area contributed by atoms with Gasteiger partial charge in [-0.2, -0.15) is 0 Å². The second-order valence-electron chi connectivity index (χ2n) is 5.92. The quantitative estimate of drug-likeness (QED) is 0.838. The second-order valence-corrected chi connectivity index (χ2v) is 5.92. The Bertz CT molecular complexity index is 512. The van der Waals surface area contributed by atoms with Crippen LogP contribution in [0.1, 0.15) is 19.8 Å². The first-order valence-electron chi connectivity index (χ1n) is 7.68. The third kappa shape index (κ3) is 3.13. The molecule has 5 nitrogen and oxygen atoms in total. The van der Waals surface area contributed by atoms with Crippen LogP contribution in [0.3, 0.4) is 0 Å². The van der Waals surface area contributed by atoms with Crippen molar-refractivity contribution in [1.29, 1.82) is 0 Å². The van der Waals surface area contributed by atoms with Gasteiger partial charge in [-0.1, -0.05) is 6.07 Å². The predicted octanol–water partition coefficient (Wildman–Crippen LogP) is 1.48. The number of anilines is 2. The van der Waals surface area contributed by atoms with Gasteiger partial charge in [0.1, 0.15) is 6.10 Å². The van der Waals surface area contributed by atoms with Gasteiger partial charge >= 0.3 is 0 Å². The maximum atomic E-state index is 12.4. The lowest BCUT2D eigenvalue weighted by atomic mass is 10.1. The van der Waals surface area contributed by atoms with Crippen molar-refractivity contribution < 1.29 is 9.53 Å². The summed E-state index contributed by atoms with van der Waals surface area (Å²) in [6.07, 6.45) is 1.83. The molecule has 0 aromatic heterocycles. The van der Waals surface area contributed by atoms with E-state index in [2.05, 4.69) is 11.0 Å². The Kier molecular flexibility index (Phi) is 4.01. The number of hydrogen-bond acceptors (Lipinski definition) is 4. The van der Waals surface area contributed by atoms with E-state index in [1.165, 1.54) is 0 Å². The SMILES string of the molecule is CC1CCC(C(=O)N2CCN(c3cccc(N)c3)CC2)O1. The third-order valence-electron chi connectivity index (χ3n) is 4.33. The maximum Gasteiger partial charge on any atom is 0.251 e. The Hall–Kier alpha value is -1.75. The number of carbonyl (C=O) groups is 1. The highest BCUT2D eigenvalue weighted by molar-refractivity contribution is 5.81. The Morgan fingerprint density at radius 2 is 2.00 bits per heavy atom. The van der Waals surface area contributed by atoms with Crippen LogP contribution in [-0.4, -0.2) is 49.2 Å². The van der Waals surface area contributed by atoms with Crippen molar-refractivity contribution in [2.45, 2.75) is 32.0 Å². The summed E-state index contributed by atoms with van der Waals surface area (Å²) in [6.45, 7) is 5.23. The molecule has 5 heteroatoms. The molecule has 2 aliphatic rings. The highest BCUT2D eigenvalue weighted by Gasteiger charge is 2.32. The molecule has 0 saturated carbocycles. The van der Waals surface area contributed by atoms with Crippen LogP contribution in [0.15, 0.2) is 24.3 Å². The van der Waals surface area contributed by atoms with Crippen LogP contribution in [0.5, 0.6) is 0 Å². The zero-order chi connectivity index (χ0) is 14.8. The summed E-state index contributed by atoms with van der Waals surface area (Å²) < 4.78 is 5.68. The monoisotopic (exact) mass is 289 g/mol. The molecule has 0 bridgehead atoms. The normalized spacial score (nSPS) is 26.1. The Balaban J connectivity index is 1.56. The fourth-order valence-corrected chi connectivity index (χ4v) is 3.09. The third-order valence-corrected chi connectivity index (χ3v) is 4.33. The molecule has 0 radical (unpaired) electrons. The number of hydrogen-bond donors (Lipinski definition) is 1. The van der Waals surface area contributed by atoms with Crippen molar-refractivity contribution in [3.8, 4) is 0 Å². The number of nitrogen functional groups attached to an aromatic ring is 1. The highest BCUT2D eigenvalue weighted by Crippen LogP contribution is 2.23. The van der Waals surface area contributed by atoms with Gasteiger partial charge in [0.15, 0.2) is 0 Å². The van der Waals surface area contributed by atoms with Gasteiger partial charge in [0.05, 0.1) is 6.10 Å². The predicted molar refractivity (Wildman–Crippen MR) is 83.2 cm³/mol. The smallest absolute Gasteiger partial charge is 0.251 e. The van der Waals surface area contributed by atoms with Crippen molar-refractivity contribution in [3.05, 3.63) is 24.3 Å². The van der Waals surface area contributed by atoms with Crippen LogP contribution in [-0.2, 0) is 9.53 Å². The molecular weight excluding hydrogens is 266 g/mol. The Morgan fingerprint density at radius 3 is 2.62 bits per heavy atom. The van der Waals surface area contributed by atoms with Crippen molar-refractivity contribution in [3.63, 3.8) is 0 Å². The zero-order valence-electron chi connectivity index (χ0n) is 12.5. The summed E-state index contributed by atoms with van der Waals surface area (Å²) in [6, 6.07) is 7.91. The van der Waals surface area contributed by atoms with Gasteiger partial charge in [0.2, 0.25) is 0 Å². The van der Waals surface area contributed by atoms with Crippen LogP contribution in [0.25, 0.3) is 0 Å². The van der Waals surface area contributed by atoms with Crippen LogP contribution in [0.2, 0.25) is 0 Å². The molecule has 0 aliphatic carbocycles. The first-order chi connectivity index (χ1) is 10.1. The van der Waals surface area contributed by atoms with E-state index >= 15 is 0 Å². The maximum absolute atomic E-state index is 12.4. The second kappa shape index (κ2) is 5.93. The lowest BCUT2D eigenvalue weighted by molar-refractivity contribution is -0.142. The molecular formula is C16H23N3O2. The van der Waals surface area contributed by atoms with Crippen molar-refractivity contribution in [2.75, 3.05) is 36.8 Å². The summed E-state index contributed by atoms with van der Waals surface area (Å²) >= 11 is 0. The molecule has 2 fully saturated rings. The van der Waals surface area contributed by atoms with Gasteiger partial charge in [0, 0.05) is 37.6 Å². The van der Waals surface area contributed by atoms with E-state index in [-0.39, 0.29) is 18.1 Å². The van der Waals surface area contributed by atoms with Gasteiger partial charge in [-0.3, -0.25) is 4.79 Å². The lowest BCUT2D eigenvalue weighted by Crippen LogP contribution is -2.51. The molecule has 2 unspecified atom stereocenters. The summed E-state index contributed by atoms with van der Waals surface area (Å²) in [7, 11) is 0. The highest BCUT2D eigenvalue weighted by atomic mass is 16.5. The van der Waals surface area contributed by atoms with E-state index in [1.807, 2.05) is 30.0 Å². The Morgan fingerprint density at radius 1 is 1.24 bits per heavy atom. The summed E-state index contributed by atoms with van der Waals surface area (Å²) in [5.74, 6) is 0.159. The molecule has 21 heavy (non-hydrogen) atoms. The van der Waals surface area contributed by atoms with E-state index in [4.69, 9.17) is 10.5 Å². The average Bonchev–Trinajstić information content (AvgIpc) is 2.93. The lowest BCUT2D eigenvalue weighted by Gasteiger charge is -2.37. The summed E-state index contributed by atoms with van der Waals surface area (Å²) in [5, 5.41) is 0. The van der Waals surface area contributed by atoms with E-state index < -0.39 is 0 Å². The van der Waals surface area contributed by atoms with Gasteiger partial charge in [-0.15, -0.1) is 0 Å². The van der Waals surface area contributed by atoms with Crippen molar-refractivity contribution in [1.82, 2.24) is 4.90 Å². The van der Waals surface area contributed by atoms with Gasteiger partial charge in [0.25, 0.3) is 5.91 Å². The largest absolute Gasteiger partial charge is 0.399 e. The van der Waals surface area contributed by atoms with Crippen LogP contribution in [0, 0.1) is 0 Å². The van der Waals surface area contributed by atoms with Crippen LogP contribution < -0.4 is 10.6 Å². The molecule has 2 heterocycles. The molecule has 2 atom stereocenters. The van der Waals surface area contributed by atoms with E-state index in [1.54, 1.807) is 0 Å². The summed E-state index contributed by atoms with van der Waals surface area (Å²) in [5.41, 5.74) is 7.74. The standard InChI is InChI=1S/C16H23N3O2/c1-12-5-6-15(21-12)16(20)19-9-7-18(8-10-19)14-4-2-3-13(17)11-14/h2-4,11-12,15H,5-10,17H2,1H3. The van der Waals surface area contributed by atoms with Crippen LogP contribution in [0.4, 0.5) is 11.4 Å². The van der Waals surface area contributed by atoms with Gasteiger partial charge in [-0.05, 0) is 38.0 Å². The number of benzene rings is 1. The molecule has 2 aliphatic heterocycles. The number of nitrogens with two attached hydrogens (primary N) is 1. The molecule has 114 valence electrons. The topological polar surface area (TPSA) is 58.8 Å². The van der Waals surface area contributed by atoms with Crippen molar-refractivity contribution in [2.24, 2.45) is 0 Å². The minimum Gasteiger partial charge on any atom is -0.399 e. The van der Waals surface area contributed by atoms with Gasteiger partial charge in [-0.25, -0.2) is 0 Å². The van der Waals surface area contributed by atoms with Crippen LogP contribution >= 0.6 is 0 Å². The number of ether oxygens (including phenoxy) is 1. The fourth-order valence-electron chi connectivity index (χ4n) is 3.09.